The maximum atomic E-state index is 5.42. The molecule has 3 aromatic rings. The topological polar surface area (TPSA) is 41.8 Å². The number of aryl methyl sites for hydroxylation is 1. The van der Waals surface area contributed by atoms with Gasteiger partial charge in [0.2, 0.25) is 0 Å². The summed E-state index contributed by atoms with van der Waals surface area (Å²) in [7, 11) is 0. The van der Waals surface area contributed by atoms with Gasteiger partial charge in [0.05, 0.1) is 0 Å². The Morgan fingerprint density at radius 1 is 1.27 bits per heavy atom. The lowest BCUT2D eigenvalue weighted by molar-refractivity contribution is 0.561. The number of fused-ring (bicyclic) bond motifs is 1. The van der Waals surface area contributed by atoms with Gasteiger partial charge in [-0.15, -0.1) is 0 Å². The van der Waals surface area contributed by atoms with Crippen molar-refractivity contribution >= 4 is 11.1 Å². The zero-order valence-corrected chi connectivity index (χ0v) is 8.32. The van der Waals surface area contributed by atoms with E-state index in [0.717, 1.165) is 22.4 Å². The smallest absolute Gasteiger partial charge is 0.192 e. The van der Waals surface area contributed by atoms with Crippen molar-refractivity contribution in [2.24, 2.45) is 0 Å². The summed E-state index contributed by atoms with van der Waals surface area (Å²) < 4.78 is 5.42. The molecule has 0 fully saturated rings. The number of aromatic amines is 1. The van der Waals surface area contributed by atoms with Crippen molar-refractivity contribution in [2.75, 3.05) is 0 Å². The second kappa shape index (κ2) is 2.98. The monoisotopic (exact) mass is 198 g/mol. The molecule has 0 bridgehead atoms. The molecule has 3 rings (SSSR count). The SMILES string of the molecule is Cc1nc2cc(-c3ccc[nH]3)ccc2o1. The second-order valence-corrected chi connectivity index (χ2v) is 3.50. The van der Waals surface area contributed by atoms with Gasteiger partial charge in [0.15, 0.2) is 11.5 Å². The highest BCUT2D eigenvalue weighted by Crippen LogP contribution is 2.23. The summed E-state index contributed by atoms with van der Waals surface area (Å²) in [6.45, 7) is 1.86. The molecule has 0 aliphatic rings. The Bertz CT molecular complexity index is 593. The Kier molecular flexibility index (Phi) is 1.65. The van der Waals surface area contributed by atoms with Crippen molar-refractivity contribution in [1.29, 1.82) is 0 Å². The van der Waals surface area contributed by atoms with Crippen LogP contribution in [0, 0.1) is 6.92 Å². The minimum absolute atomic E-state index is 0.702. The molecule has 74 valence electrons. The lowest BCUT2D eigenvalue weighted by atomic mass is 10.1. The Balaban J connectivity index is 2.21. The molecule has 3 nitrogen and oxygen atoms in total. The second-order valence-electron chi connectivity index (χ2n) is 3.50. The average Bonchev–Trinajstić information content (AvgIpc) is 2.82. The first kappa shape index (κ1) is 8.29. The van der Waals surface area contributed by atoms with Gasteiger partial charge in [0.25, 0.3) is 0 Å². The van der Waals surface area contributed by atoms with Crippen LogP contribution < -0.4 is 0 Å². The fourth-order valence-electron chi connectivity index (χ4n) is 1.72. The highest BCUT2D eigenvalue weighted by Gasteiger charge is 2.04. The molecule has 1 N–H and O–H groups in total. The van der Waals surface area contributed by atoms with Crippen molar-refractivity contribution in [1.82, 2.24) is 9.97 Å². The quantitative estimate of drug-likeness (QED) is 0.652. The van der Waals surface area contributed by atoms with Gasteiger partial charge >= 0.3 is 0 Å². The van der Waals surface area contributed by atoms with Crippen LogP contribution in [0.1, 0.15) is 5.89 Å². The van der Waals surface area contributed by atoms with Gasteiger partial charge in [-0.05, 0) is 30.3 Å². The lowest BCUT2D eigenvalue weighted by Gasteiger charge is -1.96. The van der Waals surface area contributed by atoms with Gasteiger partial charge in [0, 0.05) is 24.4 Å². The summed E-state index contributed by atoms with van der Waals surface area (Å²) in [6.07, 6.45) is 1.91. The maximum absolute atomic E-state index is 5.42. The zero-order chi connectivity index (χ0) is 10.3. The van der Waals surface area contributed by atoms with E-state index in [1.807, 2.05) is 43.5 Å². The Labute approximate surface area is 86.8 Å². The van der Waals surface area contributed by atoms with Crippen molar-refractivity contribution in [2.45, 2.75) is 6.92 Å². The first-order chi connectivity index (χ1) is 7.33. The van der Waals surface area contributed by atoms with Crippen LogP contribution in [0.3, 0.4) is 0 Å². The highest BCUT2D eigenvalue weighted by molar-refractivity contribution is 5.79. The Hall–Kier alpha value is -2.03. The van der Waals surface area contributed by atoms with Gasteiger partial charge in [-0.2, -0.15) is 0 Å². The van der Waals surface area contributed by atoms with Crippen molar-refractivity contribution in [3.05, 3.63) is 42.4 Å². The number of H-pyrrole nitrogens is 1. The third-order valence-corrected chi connectivity index (χ3v) is 2.40. The number of hydrogen-bond acceptors (Lipinski definition) is 2. The molecule has 3 heteroatoms. The average molecular weight is 198 g/mol. The highest BCUT2D eigenvalue weighted by atomic mass is 16.3. The minimum atomic E-state index is 0.702. The largest absolute Gasteiger partial charge is 0.441 e. The molecule has 0 saturated heterocycles. The molecule has 0 spiro atoms. The molecule has 0 radical (unpaired) electrons. The van der Waals surface area contributed by atoms with Crippen LogP contribution in [0.15, 0.2) is 40.9 Å². The van der Waals surface area contributed by atoms with Crippen molar-refractivity contribution in [3.8, 4) is 11.3 Å². The Morgan fingerprint density at radius 2 is 2.20 bits per heavy atom. The van der Waals surface area contributed by atoms with Gasteiger partial charge in [0.1, 0.15) is 5.52 Å². The number of aromatic nitrogens is 2. The van der Waals surface area contributed by atoms with Crippen LogP contribution in [0.4, 0.5) is 0 Å². The van der Waals surface area contributed by atoms with E-state index in [0.29, 0.717) is 5.89 Å². The summed E-state index contributed by atoms with van der Waals surface area (Å²) in [4.78, 5) is 7.47. The van der Waals surface area contributed by atoms with Gasteiger partial charge < -0.3 is 9.40 Å². The number of nitrogens with zero attached hydrogens (tertiary/aromatic N) is 1. The van der Waals surface area contributed by atoms with E-state index in [2.05, 4.69) is 9.97 Å². The van der Waals surface area contributed by atoms with Crippen LogP contribution in [0.25, 0.3) is 22.4 Å². The third kappa shape index (κ3) is 1.32. The van der Waals surface area contributed by atoms with Crippen molar-refractivity contribution in [3.63, 3.8) is 0 Å². The van der Waals surface area contributed by atoms with E-state index in [1.54, 1.807) is 0 Å². The zero-order valence-electron chi connectivity index (χ0n) is 8.32. The Morgan fingerprint density at radius 3 is 3.00 bits per heavy atom. The van der Waals surface area contributed by atoms with Crippen LogP contribution in [0.2, 0.25) is 0 Å². The standard InChI is InChI=1S/C12H10N2O/c1-8-14-11-7-9(4-5-12(11)15-8)10-3-2-6-13-10/h2-7,13H,1H3. The summed E-state index contributed by atoms with van der Waals surface area (Å²) in [5, 5.41) is 0. The fourth-order valence-corrected chi connectivity index (χ4v) is 1.72. The molecule has 0 amide bonds. The van der Waals surface area contributed by atoms with E-state index in [1.165, 1.54) is 0 Å². The molecule has 0 atom stereocenters. The summed E-state index contributed by atoms with van der Waals surface area (Å²) >= 11 is 0. The van der Waals surface area contributed by atoms with E-state index < -0.39 is 0 Å². The number of rotatable bonds is 1. The van der Waals surface area contributed by atoms with Gasteiger partial charge in [-0.3, -0.25) is 0 Å². The molecular formula is C12H10N2O. The molecule has 15 heavy (non-hydrogen) atoms. The van der Waals surface area contributed by atoms with Crippen LogP contribution in [-0.2, 0) is 0 Å². The first-order valence-electron chi connectivity index (χ1n) is 4.84. The van der Waals surface area contributed by atoms with E-state index in [-0.39, 0.29) is 0 Å². The normalized spacial score (nSPS) is 11.0. The van der Waals surface area contributed by atoms with Crippen LogP contribution in [0.5, 0.6) is 0 Å². The van der Waals surface area contributed by atoms with E-state index in [4.69, 9.17) is 4.42 Å². The van der Waals surface area contributed by atoms with Crippen molar-refractivity contribution < 1.29 is 4.42 Å². The summed E-state index contributed by atoms with van der Waals surface area (Å²) in [6, 6.07) is 10.0. The first-order valence-corrected chi connectivity index (χ1v) is 4.84. The number of hydrogen-bond donors (Lipinski definition) is 1. The van der Waals surface area contributed by atoms with Gasteiger partial charge in [-0.1, -0.05) is 0 Å². The summed E-state index contributed by atoms with van der Waals surface area (Å²) in [5.41, 5.74) is 3.96. The predicted octanol–water partition coefficient (Wildman–Crippen LogP) is 3.13. The molecule has 0 unspecified atom stereocenters. The van der Waals surface area contributed by atoms with Gasteiger partial charge in [-0.25, -0.2) is 4.98 Å². The molecular weight excluding hydrogens is 188 g/mol. The minimum Gasteiger partial charge on any atom is -0.441 e. The summed E-state index contributed by atoms with van der Waals surface area (Å²) in [5.74, 6) is 0.702. The molecule has 2 heterocycles. The van der Waals surface area contributed by atoms with Crippen LogP contribution in [-0.4, -0.2) is 9.97 Å². The fraction of sp³-hybridized carbons (Fsp3) is 0.0833. The maximum Gasteiger partial charge on any atom is 0.192 e. The molecule has 1 aromatic carbocycles. The van der Waals surface area contributed by atoms with E-state index >= 15 is 0 Å². The predicted molar refractivity (Wildman–Crippen MR) is 58.5 cm³/mol. The molecule has 0 saturated carbocycles. The molecule has 0 aliphatic heterocycles. The third-order valence-electron chi connectivity index (χ3n) is 2.40. The van der Waals surface area contributed by atoms with Crippen LogP contribution >= 0.6 is 0 Å². The number of benzene rings is 1. The molecule has 2 aromatic heterocycles. The molecule has 0 aliphatic carbocycles. The van der Waals surface area contributed by atoms with E-state index in [9.17, 15) is 0 Å². The lowest BCUT2D eigenvalue weighted by Crippen LogP contribution is -1.77. The number of oxazole rings is 1. The number of nitrogens with one attached hydrogen (secondary N) is 1.